The van der Waals surface area contributed by atoms with Crippen LogP contribution < -0.4 is 5.14 Å². The third-order valence-corrected chi connectivity index (χ3v) is 4.24. The Morgan fingerprint density at radius 1 is 1.00 bits per heavy atom. The number of hydrogen-bond acceptors (Lipinski definition) is 3. The Labute approximate surface area is 129 Å². The molecule has 0 radical (unpaired) electrons. The normalized spacial score (nSPS) is 11.5. The van der Waals surface area contributed by atoms with Gasteiger partial charge in [-0.1, -0.05) is 30.3 Å². The van der Waals surface area contributed by atoms with E-state index >= 15 is 0 Å². The summed E-state index contributed by atoms with van der Waals surface area (Å²) in [6, 6.07) is 18.2. The standard InChI is InChI=1S/C16H15N3O2S/c1-12-11-16(19(18-12)14-5-3-2-4-6-14)13-7-9-15(10-8-13)22(17,20)21/h2-11H,1H3,(H2,17,20,21). The van der Waals surface area contributed by atoms with Gasteiger partial charge in [-0.15, -0.1) is 0 Å². The number of aryl methyl sites for hydroxylation is 1. The van der Waals surface area contributed by atoms with Crippen molar-refractivity contribution in [1.29, 1.82) is 0 Å². The molecule has 2 aromatic carbocycles. The zero-order chi connectivity index (χ0) is 15.7. The number of sulfonamides is 1. The molecule has 0 unspecified atom stereocenters. The Morgan fingerprint density at radius 2 is 1.64 bits per heavy atom. The topological polar surface area (TPSA) is 78.0 Å². The molecule has 6 heteroatoms. The first-order chi connectivity index (χ1) is 10.4. The molecule has 0 saturated carbocycles. The SMILES string of the molecule is Cc1cc(-c2ccc(S(N)(=O)=O)cc2)n(-c2ccccc2)n1. The maximum Gasteiger partial charge on any atom is 0.238 e. The van der Waals surface area contributed by atoms with Crippen molar-refractivity contribution in [1.82, 2.24) is 9.78 Å². The lowest BCUT2D eigenvalue weighted by Gasteiger charge is -2.08. The van der Waals surface area contributed by atoms with E-state index < -0.39 is 10.0 Å². The van der Waals surface area contributed by atoms with Crippen molar-refractivity contribution in [2.24, 2.45) is 5.14 Å². The van der Waals surface area contributed by atoms with Gasteiger partial charge in [0.25, 0.3) is 0 Å². The first-order valence-corrected chi connectivity index (χ1v) is 8.25. The molecule has 0 aliphatic carbocycles. The number of primary sulfonamides is 1. The fraction of sp³-hybridized carbons (Fsp3) is 0.0625. The molecule has 1 heterocycles. The van der Waals surface area contributed by atoms with Crippen molar-refractivity contribution >= 4 is 10.0 Å². The van der Waals surface area contributed by atoms with Crippen LogP contribution in [-0.4, -0.2) is 18.2 Å². The predicted molar refractivity (Wildman–Crippen MR) is 85.1 cm³/mol. The minimum absolute atomic E-state index is 0.0961. The van der Waals surface area contributed by atoms with Crippen LogP contribution in [0.15, 0.2) is 65.6 Å². The van der Waals surface area contributed by atoms with Crippen LogP contribution >= 0.6 is 0 Å². The largest absolute Gasteiger partial charge is 0.238 e. The number of rotatable bonds is 3. The Balaban J connectivity index is 2.10. The van der Waals surface area contributed by atoms with E-state index in [9.17, 15) is 8.42 Å². The van der Waals surface area contributed by atoms with E-state index in [2.05, 4.69) is 5.10 Å². The second-order valence-corrected chi connectivity index (χ2v) is 6.55. The van der Waals surface area contributed by atoms with Gasteiger partial charge >= 0.3 is 0 Å². The Hall–Kier alpha value is -2.44. The van der Waals surface area contributed by atoms with Crippen LogP contribution in [0.5, 0.6) is 0 Å². The third-order valence-electron chi connectivity index (χ3n) is 3.31. The summed E-state index contributed by atoms with van der Waals surface area (Å²) in [5, 5.41) is 9.63. The Kier molecular flexibility index (Phi) is 3.56. The maximum absolute atomic E-state index is 11.3. The van der Waals surface area contributed by atoms with Gasteiger partial charge in [0.05, 0.1) is 22.0 Å². The molecule has 0 aliphatic heterocycles. The van der Waals surface area contributed by atoms with E-state index in [4.69, 9.17) is 5.14 Å². The number of aromatic nitrogens is 2. The van der Waals surface area contributed by atoms with Crippen molar-refractivity contribution in [3.8, 4) is 16.9 Å². The summed E-state index contributed by atoms with van der Waals surface area (Å²) in [5.74, 6) is 0. The number of hydrogen-bond donors (Lipinski definition) is 1. The van der Waals surface area contributed by atoms with E-state index in [1.54, 1.807) is 12.1 Å². The van der Waals surface area contributed by atoms with Gasteiger partial charge in [0.1, 0.15) is 0 Å². The van der Waals surface area contributed by atoms with E-state index in [1.807, 2.05) is 48.0 Å². The molecule has 0 amide bonds. The number of nitrogens with two attached hydrogens (primary N) is 1. The summed E-state index contributed by atoms with van der Waals surface area (Å²) in [4.78, 5) is 0.0961. The number of nitrogens with zero attached hydrogens (tertiary/aromatic N) is 2. The first-order valence-electron chi connectivity index (χ1n) is 6.70. The van der Waals surface area contributed by atoms with Crippen LogP contribution in [0.2, 0.25) is 0 Å². The molecule has 112 valence electrons. The van der Waals surface area contributed by atoms with Gasteiger partial charge < -0.3 is 0 Å². The molecule has 2 N–H and O–H groups in total. The second-order valence-electron chi connectivity index (χ2n) is 4.99. The molecule has 0 fully saturated rings. The van der Waals surface area contributed by atoms with Crippen molar-refractivity contribution in [3.05, 3.63) is 66.4 Å². The van der Waals surface area contributed by atoms with Gasteiger partial charge in [-0.2, -0.15) is 5.10 Å². The Bertz CT molecular complexity index is 898. The average molecular weight is 313 g/mol. The lowest BCUT2D eigenvalue weighted by atomic mass is 10.1. The summed E-state index contributed by atoms with van der Waals surface area (Å²) in [5.41, 5.74) is 3.59. The lowest BCUT2D eigenvalue weighted by molar-refractivity contribution is 0.598. The molecule has 0 atom stereocenters. The molecule has 3 aromatic rings. The molecule has 0 aliphatic rings. The zero-order valence-electron chi connectivity index (χ0n) is 12.0. The van der Waals surface area contributed by atoms with Gasteiger partial charge in [0.15, 0.2) is 0 Å². The molecule has 22 heavy (non-hydrogen) atoms. The van der Waals surface area contributed by atoms with E-state index in [0.29, 0.717) is 0 Å². The minimum Gasteiger partial charge on any atom is -0.233 e. The molecule has 5 nitrogen and oxygen atoms in total. The van der Waals surface area contributed by atoms with E-state index in [1.165, 1.54) is 12.1 Å². The van der Waals surface area contributed by atoms with Crippen molar-refractivity contribution in [2.75, 3.05) is 0 Å². The second kappa shape index (κ2) is 5.40. The lowest BCUT2D eigenvalue weighted by Crippen LogP contribution is -2.11. The van der Waals surface area contributed by atoms with Gasteiger partial charge in [-0.05, 0) is 37.3 Å². The van der Waals surface area contributed by atoms with Crippen LogP contribution in [0.25, 0.3) is 16.9 Å². The zero-order valence-corrected chi connectivity index (χ0v) is 12.8. The molecule has 1 aromatic heterocycles. The summed E-state index contributed by atoms with van der Waals surface area (Å²) in [6.45, 7) is 1.92. The van der Waals surface area contributed by atoms with Gasteiger partial charge in [0, 0.05) is 5.56 Å². The summed E-state index contributed by atoms with van der Waals surface area (Å²) < 4.78 is 24.5. The van der Waals surface area contributed by atoms with Gasteiger partial charge in [-0.3, -0.25) is 0 Å². The van der Waals surface area contributed by atoms with Crippen molar-refractivity contribution in [3.63, 3.8) is 0 Å². The van der Waals surface area contributed by atoms with Crippen molar-refractivity contribution < 1.29 is 8.42 Å². The van der Waals surface area contributed by atoms with Crippen LogP contribution in [-0.2, 0) is 10.0 Å². The molecule has 3 rings (SSSR count). The van der Waals surface area contributed by atoms with Crippen LogP contribution in [0.1, 0.15) is 5.69 Å². The molecule has 0 saturated heterocycles. The monoisotopic (exact) mass is 313 g/mol. The highest BCUT2D eigenvalue weighted by molar-refractivity contribution is 7.89. The molecular weight excluding hydrogens is 298 g/mol. The highest BCUT2D eigenvalue weighted by atomic mass is 32.2. The minimum atomic E-state index is -3.68. The summed E-state index contributed by atoms with van der Waals surface area (Å²) in [7, 11) is -3.68. The Morgan fingerprint density at radius 3 is 2.23 bits per heavy atom. The van der Waals surface area contributed by atoms with Crippen LogP contribution in [0, 0.1) is 6.92 Å². The molecular formula is C16H15N3O2S. The highest BCUT2D eigenvalue weighted by Crippen LogP contribution is 2.24. The molecule has 0 spiro atoms. The predicted octanol–water partition coefficient (Wildman–Crippen LogP) is 2.50. The highest BCUT2D eigenvalue weighted by Gasteiger charge is 2.12. The first kappa shape index (κ1) is 14.5. The van der Waals surface area contributed by atoms with Crippen molar-refractivity contribution in [2.45, 2.75) is 11.8 Å². The number of para-hydroxylation sites is 1. The number of benzene rings is 2. The summed E-state index contributed by atoms with van der Waals surface area (Å²) in [6.07, 6.45) is 0. The fourth-order valence-electron chi connectivity index (χ4n) is 2.29. The van der Waals surface area contributed by atoms with E-state index in [0.717, 1.165) is 22.6 Å². The van der Waals surface area contributed by atoms with E-state index in [-0.39, 0.29) is 4.90 Å². The summed E-state index contributed by atoms with van der Waals surface area (Å²) >= 11 is 0. The quantitative estimate of drug-likeness (QED) is 0.807. The van der Waals surface area contributed by atoms with Crippen LogP contribution in [0.3, 0.4) is 0 Å². The molecule has 0 bridgehead atoms. The fourth-order valence-corrected chi connectivity index (χ4v) is 2.80. The maximum atomic E-state index is 11.3. The van der Waals surface area contributed by atoms with Crippen LogP contribution in [0.4, 0.5) is 0 Å². The van der Waals surface area contributed by atoms with Gasteiger partial charge in [0.2, 0.25) is 10.0 Å². The smallest absolute Gasteiger partial charge is 0.233 e. The van der Waals surface area contributed by atoms with Gasteiger partial charge in [-0.25, -0.2) is 18.2 Å². The third kappa shape index (κ3) is 2.79. The average Bonchev–Trinajstić information content (AvgIpc) is 2.89.